The van der Waals surface area contributed by atoms with E-state index in [9.17, 15) is 0 Å². The van der Waals surface area contributed by atoms with E-state index in [4.69, 9.17) is 10.7 Å². The number of halogens is 3. The maximum atomic E-state index is 6.35. The SMILES string of the molecule is Nc1nc(NCc2cccc(Br)c2)nc2c1c(Br)cc1c2ccn1Cc1cccc(Br)c1. The van der Waals surface area contributed by atoms with Crippen LogP contribution in [0, 0.1) is 0 Å². The number of anilines is 2. The van der Waals surface area contributed by atoms with Gasteiger partial charge in [-0.1, -0.05) is 56.1 Å². The first-order valence-corrected chi connectivity index (χ1v) is 12.3. The van der Waals surface area contributed by atoms with Crippen molar-refractivity contribution in [1.29, 1.82) is 0 Å². The van der Waals surface area contributed by atoms with Crippen molar-refractivity contribution in [2.45, 2.75) is 13.1 Å². The number of fused-ring (bicyclic) bond motifs is 3. The van der Waals surface area contributed by atoms with Crippen LogP contribution in [0.15, 0.2) is 80.3 Å². The fourth-order valence-corrected chi connectivity index (χ4v) is 5.32. The lowest BCUT2D eigenvalue weighted by atomic mass is 10.1. The summed E-state index contributed by atoms with van der Waals surface area (Å²) in [4.78, 5) is 9.32. The topological polar surface area (TPSA) is 68.8 Å². The van der Waals surface area contributed by atoms with E-state index in [1.807, 2.05) is 24.3 Å². The Morgan fingerprint density at radius 3 is 2.34 bits per heavy atom. The number of benzene rings is 3. The van der Waals surface area contributed by atoms with E-state index in [0.29, 0.717) is 18.3 Å². The van der Waals surface area contributed by atoms with Gasteiger partial charge in [-0.05, 0) is 63.5 Å². The first kappa shape index (κ1) is 21.4. The average Bonchev–Trinajstić information content (AvgIpc) is 3.15. The fraction of sp³-hybridized carbons (Fsp3) is 0.0833. The average molecular weight is 616 g/mol. The Morgan fingerprint density at radius 1 is 0.875 bits per heavy atom. The minimum absolute atomic E-state index is 0.445. The predicted molar refractivity (Wildman–Crippen MR) is 142 cm³/mol. The third kappa shape index (κ3) is 4.27. The molecule has 0 spiro atoms. The number of aromatic nitrogens is 3. The first-order chi connectivity index (χ1) is 15.5. The molecule has 0 saturated carbocycles. The fourth-order valence-electron chi connectivity index (χ4n) is 3.82. The van der Waals surface area contributed by atoms with Gasteiger partial charge in [-0.3, -0.25) is 0 Å². The second kappa shape index (κ2) is 8.84. The number of nitrogen functional groups attached to an aromatic ring is 1. The summed E-state index contributed by atoms with van der Waals surface area (Å²) in [6.07, 6.45) is 2.09. The van der Waals surface area contributed by atoms with Gasteiger partial charge in [-0.15, -0.1) is 0 Å². The van der Waals surface area contributed by atoms with Gasteiger partial charge in [0.1, 0.15) is 5.82 Å². The molecule has 5 rings (SSSR count). The number of nitrogens with zero attached hydrogens (tertiary/aromatic N) is 3. The highest BCUT2D eigenvalue weighted by molar-refractivity contribution is 9.11. The van der Waals surface area contributed by atoms with Crippen molar-refractivity contribution in [3.8, 4) is 0 Å². The predicted octanol–water partition coefficient (Wildman–Crippen LogP) is 7.11. The molecule has 0 radical (unpaired) electrons. The summed E-state index contributed by atoms with van der Waals surface area (Å²) in [5, 5.41) is 5.17. The molecule has 32 heavy (non-hydrogen) atoms. The van der Waals surface area contributed by atoms with E-state index >= 15 is 0 Å². The second-order valence-corrected chi connectivity index (χ2v) is 10.2. The Hall–Kier alpha value is -2.42. The highest BCUT2D eigenvalue weighted by Crippen LogP contribution is 2.35. The molecular formula is C24H18Br3N5. The van der Waals surface area contributed by atoms with Gasteiger partial charge in [-0.25, -0.2) is 4.98 Å². The maximum Gasteiger partial charge on any atom is 0.225 e. The molecule has 3 aromatic carbocycles. The van der Waals surface area contributed by atoms with E-state index in [1.54, 1.807) is 0 Å². The number of rotatable bonds is 5. The van der Waals surface area contributed by atoms with E-state index in [-0.39, 0.29) is 0 Å². The minimum atomic E-state index is 0.445. The Balaban J connectivity index is 1.55. The zero-order valence-electron chi connectivity index (χ0n) is 16.8. The number of hydrogen-bond donors (Lipinski definition) is 2. The Kier molecular flexibility index (Phi) is 5.92. The Bertz CT molecular complexity index is 1460. The smallest absolute Gasteiger partial charge is 0.225 e. The standard InChI is InChI=1S/C24H18Br3N5/c25-16-5-1-3-14(9-16)12-29-24-30-22-18-7-8-32(13-15-4-2-6-17(26)10-15)20(18)11-19(27)21(22)23(28)31-24/h1-11H,12-13H2,(H3,28,29,30,31). The van der Waals surface area contributed by atoms with Crippen LogP contribution < -0.4 is 11.1 Å². The lowest BCUT2D eigenvalue weighted by Gasteiger charge is -2.12. The van der Waals surface area contributed by atoms with Crippen LogP contribution in [0.25, 0.3) is 21.8 Å². The van der Waals surface area contributed by atoms with Crippen LogP contribution in [0.3, 0.4) is 0 Å². The molecule has 0 aliphatic rings. The molecule has 8 heteroatoms. The molecule has 2 heterocycles. The first-order valence-electron chi connectivity index (χ1n) is 9.95. The molecule has 2 aromatic heterocycles. The molecule has 0 aliphatic heterocycles. The van der Waals surface area contributed by atoms with Crippen LogP contribution in [0.5, 0.6) is 0 Å². The van der Waals surface area contributed by atoms with E-state index < -0.39 is 0 Å². The van der Waals surface area contributed by atoms with Gasteiger partial charge in [0.15, 0.2) is 0 Å². The van der Waals surface area contributed by atoms with Crippen molar-refractivity contribution >= 4 is 81.4 Å². The molecule has 0 atom stereocenters. The number of nitrogens with two attached hydrogens (primary N) is 1. The minimum Gasteiger partial charge on any atom is -0.383 e. The van der Waals surface area contributed by atoms with Gasteiger partial charge in [-0.2, -0.15) is 4.98 Å². The molecule has 160 valence electrons. The normalized spacial score (nSPS) is 11.3. The highest BCUT2D eigenvalue weighted by atomic mass is 79.9. The van der Waals surface area contributed by atoms with Crippen molar-refractivity contribution in [1.82, 2.24) is 14.5 Å². The molecule has 0 unspecified atom stereocenters. The van der Waals surface area contributed by atoms with Crippen LogP contribution in [0.4, 0.5) is 11.8 Å². The van der Waals surface area contributed by atoms with Crippen LogP contribution in [0.1, 0.15) is 11.1 Å². The zero-order chi connectivity index (χ0) is 22.2. The summed E-state index contributed by atoms with van der Waals surface area (Å²) in [5.74, 6) is 0.953. The van der Waals surface area contributed by atoms with Crippen LogP contribution in [-0.4, -0.2) is 14.5 Å². The molecular weight excluding hydrogens is 598 g/mol. The summed E-state index contributed by atoms with van der Waals surface area (Å²) >= 11 is 10.7. The van der Waals surface area contributed by atoms with Crippen molar-refractivity contribution in [2.24, 2.45) is 0 Å². The van der Waals surface area contributed by atoms with Crippen molar-refractivity contribution in [3.05, 3.63) is 91.4 Å². The van der Waals surface area contributed by atoms with Crippen molar-refractivity contribution in [3.63, 3.8) is 0 Å². The molecule has 3 N–H and O–H groups in total. The van der Waals surface area contributed by atoms with Crippen LogP contribution >= 0.6 is 47.8 Å². The van der Waals surface area contributed by atoms with Gasteiger partial charge < -0.3 is 15.6 Å². The zero-order valence-corrected chi connectivity index (χ0v) is 21.6. The summed E-state index contributed by atoms with van der Waals surface area (Å²) in [5.41, 5.74) is 10.6. The van der Waals surface area contributed by atoms with Gasteiger partial charge in [0.05, 0.1) is 16.4 Å². The quantitative estimate of drug-likeness (QED) is 0.221. The van der Waals surface area contributed by atoms with Gasteiger partial charge in [0.2, 0.25) is 5.95 Å². The third-order valence-electron chi connectivity index (χ3n) is 5.28. The van der Waals surface area contributed by atoms with Crippen molar-refractivity contribution in [2.75, 3.05) is 11.1 Å². The lowest BCUT2D eigenvalue weighted by Crippen LogP contribution is -2.06. The van der Waals surface area contributed by atoms with Crippen LogP contribution in [-0.2, 0) is 13.1 Å². The second-order valence-electron chi connectivity index (χ2n) is 7.50. The number of hydrogen-bond acceptors (Lipinski definition) is 4. The highest BCUT2D eigenvalue weighted by Gasteiger charge is 2.15. The van der Waals surface area contributed by atoms with E-state index in [1.165, 1.54) is 5.56 Å². The van der Waals surface area contributed by atoms with E-state index in [0.717, 1.165) is 47.3 Å². The third-order valence-corrected chi connectivity index (χ3v) is 6.89. The van der Waals surface area contributed by atoms with E-state index in [2.05, 4.69) is 105 Å². The van der Waals surface area contributed by atoms with Crippen molar-refractivity contribution < 1.29 is 0 Å². The summed E-state index contributed by atoms with van der Waals surface area (Å²) in [6.45, 7) is 1.36. The molecule has 0 fully saturated rings. The van der Waals surface area contributed by atoms with Crippen LogP contribution in [0.2, 0.25) is 0 Å². The molecule has 0 amide bonds. The molecule has 0 saturated heterocycles. The molecule has 0 aliphatic carbocycles. The monoisotopic (exact) mass is 613 g/mol. The molecule has 5 aromatic rings. The van der Waals surface area contributed by atoms with Gasteiger partial charge in [0, 0.05) is 38.1 Å². The lowest BCUT2D eigenvalue weighted by molar-refractivity contribution is 0.836. The van der Waals surface area contributed by atoms with Gasteiger partial charge >= 0.3 is 0 Å². The summed E-state index contributed by atoms with van der Waals surface area (Å²) in [6, 6.07) is 20.6. The summed E-state index contributed by atoms with van der Waals surface area (Å²) in [7, 11) is 0. The van der Waals surface area contributed by atoms with Gasteiger partial charge in [0.25, 0.3) is 0 Å². The maximum absolute atomic E-state index is 6.35. The molecule has 5 nitrogen and oxygen atoms in total. The Morgan fingerprint density at radius 2 is 1.59 bits per heavy atom. The molecule has 0 bridgehead atoms. The summed E-state index contributed by atoms with van der Waals surface area (Å²) < 4.78 is 5.20. The number of nitrogens with one attached hydrogen (secondary N) is 1. The Labute approximate surface area is 210 Å². The largest absolute Gasteiger partial charge is 0.383 e.